The zero-order chi connectivity index (χ0) is 27.8. The number of hydrogen-bond acceptors (Lipinski definition) is 5. The molecule has 0 N–H and O–H groups in total. The van der Waals surface area contributed by atoms with Crippen LogP contribution in [0.5, 0.6) is 0 Å². The lowest BCUT2D eigenvalue weighted by Crippen LogP contribution is -2.56. The van der Waals surface area contributed by atoms with Crippen LogP contribution in [0, 0.1) is 33.5 Å². The van der Waals surface area contributed by atoms with Gasteiger partial charge in [-0.3, -0.25) is 4.79 Å². The van der Waals surface area contributed by atoms with Gasteiger partial charge in [0, 0.05) is 28.7 Å². The summed E-state index contributed by atoms with van der Waals surface area (Å²) in [4.78, 5) is 23.9. The average Bonchev–Trinajstić information content (AvgIpc) is 3.08. The van der Waals surface area contributed by atoms with E-state index in [2.05, 4.69) is 47.6 Å². The van der Waals surface area contributed by atoms with E-state index in [0.29, 0.717) is 17.4 Å². The van der Waals surface area contributed by atoms with Gasteiger partial charge < -0.3 is 14.2 Å². The van der Waals surface area contributed by atoms with Crippen LogP contribution < -0.4 is 0 Å². The van der Waals surface area contributed by atoms with Gasteiger partial charge in [0.25, 0.3) is 0 Å². The van der Waals surface area contributed by atoms with Crippen molar-refractivity contribution in [3.63, 3.8) is 0 Å². The number of methoxy groups -OCH3 is 1. The molecule has 5 nitrogen and oxygen atoms in total. The molecular formula is C33H48O5. The molecule has 210 valence electrons. The summed E-state index contributed by atoms with van der Waals surface area (Å²) in [5.41, 5.74) is 5.61. The van der Waals surface area contributed by atoms with Crippen LogP contribution in [0.25, 0.3) is 0 Å². The van der Waals surface area contributed by atoms with Crippen LogP contribution in [0.2, 0.25) is 0 Å². The van der Waals surface area contributed by atoms with Crippen molar-refractivity contribution >= 4 is 11.9 Å². The number of carbonyl (C=O) groups is 2. The molecule has 0 radical (unpaired) electrons. The molecule has 1 saturated heterocycles. The van der Waals surface area contributed by atoms with Crippen molar-refractivity contribution in [1.29, 1.82) is 0 Å². The number of carbonyl (C=O) groups excluding carboxylic acids is 2. The van der Waals surface area contributed by atoms with E-state index in [1.54, 1.807) is 18.1 Å². The summed E-state index contributed by atoms with van der Waals surface area (Å²) >= 11 is 0. The quantitative estimate of drug-likeness (QED) is 0.291. The predicted octanol–water partition coefficient (Wildman–Crippen LogP) is 7.11. The van der Waals surface area contributed by atoms with Gasteiger partial charge in [-0.1, -0.05) is 53.2 Å². The Balaban J connectivity index is 1.50. The Morgan fingerprint density at radius 1 is 1.05 bits per heavy atom. The number of allylic oxidation sites excluding steroid dienone is 3. The van der Waals surface area contributed by atoms with Crippen LogP contribution in [0.3, 0.4) is 0 Å². The number of rotatable bonds is 3. The molecule has 0 bridgehead atoms. The summed E-state index contributed by atoms with van der Waals surface area (Å²) in [6.45, 7) is 17.8. The molecule has 5 aliphatic rings. The zero-order valence-corrected chi connectivity index (χ0v) is 25.0. The van der Waals surface area contributed by atoms with E-state index in [0.717, 1.165) is 44.9 Å². The van der Waals surface area contributed by atoms with Gasteiger partial charge in [-0.05, 0) is 86.3 Å². The van der Waals surface area contributed by atoms with Crippen molar-refractivity contribution in [2.45, 2.75) is 119 Å². The minimum atomic E-state index is -0.286. The third kappa shape index (κ3) is 3.73. The zero-order valence-electron chi connectivity index (χ0n) is 25.0. The van der Waals surface area contributed by atoms with E-state index in [1.807, 2.05) is 13.0 Å². The molecule has 1 heterocycles. The molecule has 0 aromatic carbocycles. The van der Waals surface area contributed by atoms with Crippen LogP contribution in [-0.2, 0) is 23.8 Å². The van der Waals surface area contributed by atoms with Gasteiger partial charge in [0.2, 0.25) is 0 Å². The lowest BCUT2D eigenvalue weighted by molar-refractivity contribution is -0.167. The third-order valence-corrected chi connectivity index (χ3v) is 12.2. The van der Waals surface area contributed by atoms with Crippen molar-refractivity contribution < 1.29 is 23.8 Å². The molecule has 1 saturated carbocycles. The molecule has 5 heteroatoms. The first-order valence-electron chi connectivity index (χ1n) is 14.7. The van der Waals surface area contributed by atoms with Crippen molar-refractivity contribution in [3.8, 4) is 0 Å². The Labute approximate surface area is 229 Å². The highest BCUT2D eigenvalue weighted by molar-refractivity contribution is 5.87. The van der Waals surface area contributed by atoms with Gasteiger partial charge in [-0.15, -0.1) is 0 Å². The van der Waals surface area contributed by atoms with Gasteiger partial charge in [0.05, 0.1) is 19.3 Å². The fourth-order valence-corrected chi connectivity index (χ4v) is 9.79. The Kier molecular flexibility index (Phi) is 6.61. The van der Waals surface area contributed by atoms with E-state index in [9.17, 15) is 9.59 Å². The number of fused-ring (bicyclic) bond motifs is 6. The van der Waals surface area contributed by atoms with E-state index in [1.165, 1.54) is 12.7 Å². The molecule has 0 amide bonds. The second-order valence-electron chi connectivity index (χ2n) is 14.2. The first-order valence-corrected chi connectivity index (χ1v) is 14.7. The fraction of sp³-hybridized carbons (Fsp3) is 0.758. The molecule has 4 aliphatic carbocycles. The largest absolute Gasteiger partial charge is 0.466 e. The van der Waals surface area contributed by atoms with Crippen LogP contribution in [-0.4, -0.2) is 37.4 Å². The van der Waals surface area contributed by atoms with Gasteiger partial charge in [-0.2, -0.15) is 0 Å². The monoisotopic (exact) mass is 524 g/mol. The third-order valence-electron chi connectivity index (χ3n) is 12.2. The second kappa shape index (κ2) is 9.08. The summed E-state index contributed by atoms with van der Waals surface area (Å²) < 4.78 is 17.6. The molecule has 1 aliphatic heterocycles. The molecule has 1 unspecified atom stereocenters. The number of ether oxygens (including phenoxy) is 3. The molecule has 38 heavy (non-hydrogen) atoms. The number of hydrogen-bond donors (Lipinski definition) is 0. The standard InChI is InChI=1S/C33H48O5/c1-19(29(35)36-9)16-22-17-20(2)33(8)28(38-22)18-25-23-10-11-26-30(4,5)27(37-21(3)34)13-14-31(26,6)24(23)12-15-32(25,33)7/h16,18,20,22,26-28H,10-15,17H2,1-9H3/b19-16+/t20-,22+,26?,27-,28-,31-,32-,33-/m1/s1. The van der Waals surface area contributed by atoms with Crippen molar-refractivity contribution in [1.82, 2.24) is 0 Å². The summed E-state index contributed by atoms with van der Waals surface area (Å²) in [6, 6.07) is 0. The van der Waals surface area contributed by atoms with Crippen molar-refractivity contribution in [2.75, 3.05) is 7.11 Å². The Morgan fingerprint density at radius 2 is 1.76 bits per heavy atom. The average molecular weight is 525 g/mol. The van der Waals surface area contributed by atoms with Crippen LogP contribution in [0.15, 0.2) is 34.4 Å². The Morgan fingerprint density at radius 3 is 2.42 bits per heavy atom. The first kappa shape index (κ1) is 27.7. The summed E-state index contributed by atoms with van der Waals surface area (Å²) in [6.07, 6.45) is 11.8. The molecule has 5 rings (SSSR count). The lowest BCUT2D eigenvalue weighted by Gasteiger charge is -2.61. The van der Waals surface area contributed by atoms with Gasteiger partial charge in [-0.25, -0.2) is 4.79 Å². The van der Waals surface area contributed by atoms with Gasteiger partial charge in [0.1, 0.15) is 6.10 Å². The van der Waals surface area contributed by atoms with Crippen molar-refractivity contribution in [2.24, 2.45) is 33.5 Å². The minimum Gasteiger partial charge on any atom is -0.466 e. The molecule has 2 fully saturated rings. The number of esters is 2. The van der Waals surface area contributed by atoms with Gasteiger partial charge >= 0.3 is 11.9 Å². The SMILES string of the molecule is COC(=O)/C(C)=C/[C@H]1C[C@@H](C)[C@]2(C)[C@@H](C=C3C4=C(CC[C@]32C)[C@@]2(C)CC[C@@H](OC(C)=O)C(C)(C)C2CC4)O1. The molecule has 0 aromatic heterocycles. The molecule has 0 aromatic rings. The predicted molar refractivity (Wildman–Crippen MR) is 148 cm³/mol. The first-order chi connectivity index (χ1) is 17.7. The van der Waals surface area contributed by atoms with Crippen LogP contribution in [0.4, 0.5) is 0 Å². The molecular weight excluding hydrogens is 476 g/mol. The summed E-state index contributed by atoms with van der Waals surface area (Å²) in [7, 11) is 1.43. The van der Waals surface area contributed by atoms with Crippen molar-refractivity contribution in [3.05, 3.63) is 34.4 Å². The highest BCUT2D eigenvalue weighted by Crippen LogP contribution is 2.70. The maximum Gasteiger partial charge on any atom is 0.333 e. The molecule has 8 atom stereocenters. The van der Waals surface area contributed by atoms with E-state index >= 15 is 0 Å². The maximum atomic E-state index is 12.0. The van der Waals surface area contributed by atoms with Crippen LogP contribution >= 0.6 is 0 Å². The molecule has 0 spiro atoms. The summed E-state index contributed by atoms with van der Waals surface area (Å²) in [5, 5.41) is 0. The van der Waals surface area contributed by atoms with E-state index in [-0.39, 0.29) is 51.9 Å². The summed E-state index contributed by atoms with van der Waals surface area (Å²) in [5.74, 6) is 0.513. The Bertz CT molecular complexity index is 1130. The topological polar surface area (TPSA) is 61.8 Å². The maximum absolute atomic E-state index is 12.0. The van der Waals surface area contributed by atoms with Crippen LogP contribution in [0.1, 0.15) is 100 Å². The van der Waals surface area contributed by atoms with Gasteiger partial charge in [0.15, 0.2) is 0 Å². The van der Waals surface area contributed by atoms with E-state index in [4.69, 9.17) is 14.2 Å². The lowest BCUT2D eigenvalue weighted by atomic mass is 9.45. The highest BCUT2D eigenvalue weighted by atomic mass is 16.5. The second-order valence-corrected chi connectivity index (χ2v) is 14.2. The highest BCUT2D eigenvalue weighted by Gasteiger charge is 2.64. The smallest absolute Gasteiger partial charge is 0.333 e. The van der Waals surface area contributed by atoms with E-state index < -0.39 is 0 Å². The fourth-order valence-electron chi connectivity index (χ4n) is 9.79. The minimum absolute atomic E-state index is 0.00533. The Hall–Kier alpha value is -1.88. The normalized spacial score (nSPS) is 43.8.